The van der Waals surface area contributed by atoms with Gasteiger partial charge in [0.25, 0.3) is 0 Å². The van der Waals surface area contributed by atoms with Crippen molar-refractivity contribution in [3.8, 4) is 17.0 Å². The molecule has 1 N–H and O–H groups in total. The van der Waals surface area contributed by atoms with E-state index in [4.69, 9.17) is 4.74 Å². The minimum Gasteiger partial charge on any atom is -0.508 e. The van der Waals surface area contributed by atoms with Gasteiger partial charge < -0.3 is 9.84 Å². The molecule has 0 aliphatic heterocycles. The van der Waals surface area contributed by atoms with Crippen LogP contribution in [-0.2, 0) is 16.0 Å². The number of carbonyl (C=O) groups is 1. The summed E-state index contributed by atoms with van der Waals surface area (Å²) in [7, 11) is 1.35. The molecule has 3 rings (SSSR count). The first-order chi connectivity index (χ1) is 12.1. The first-order valence-electron chi connectivity index (χ1n) is 7.60. The van der Waals surface area contributed by atoms with Gasteiger partial charge in [-0.2, -0.15) is 0 Å². The third kappa shape index (κ3) is 4.06. The first-order valence-corrected chi connectivity index (χ1v) is 8.39. The highest BCUT2D eigenvalue weighted by atomic mass is 79.9. The van der Waals surface area contributed by atoms with E-state index in [1.54, 1.807) is 30.5 Å². The number of benzene rings is 2. The van der Waals surface area contributed by atoms with Crippen LogP contribution in [0.1, 0.15) is 11.6 Å². The van der Waals surface area contributed by atoms with E-state index in [1.807, 2.05) is 24.3 Å². The molecule has 0 unspecified atom stereocenters. The van der Waals surface area contributed by atoms with Crippen LogP contribution in [0.15, 0.2) is 59.2 Å². The Labute approximate surface area is 153 Å². The number of esters is 1. The number of phenolic OH excluding ortho intramolecular Hbond substituents is 1. The number of aromatic nitrogens is 3. The maximum absolute atomic E-state index is 12.2. The van der Waals surface area contributed by atoms with Gasteiger partial charge in [0.2, 0.25) is 0 Å². The number of ether oxygens (including phenoxy) is 1. The number of hydrogen-bond acceptors (Lipinski definition) is 5. The average Bonchev–Trinajstić information content (AvgIpc) is 3.11. The molecule has 0 spiro atoms. The summed E-state index contributed by atoms with van der Waals surface area (Å²) in [5.41, 5.74) is 2.46. The van der Waals surface area contributed by atoms with E-state index < -0.39 is 12.0 Å². The van der Waals surface area contributed by atoms with Crippen LogP contribution in [-0.4, -0.2) is 33.2 Å². The zero-order chi connectivity index (χ0) is 17.8. The number of methoxy groups -OCH3 is 1. The summed E-state index contributed by atoms with van der Waals surface area (Å²) in [6.45, 7) is 0. The standard InChI is InChI=1S/C18H16BrN3O3/c1-25-18(24)17(10-12-2-8-15(23)9-3-12)22-11-16(20-21-22)13-4-6-14(19)7-5-13/h2-9,11,17,23H,10H2,1H3/t17-/m0/s1. The summed E-state index contributed by atoms with van der Waals surface area (Å²) < 4.78 is 7.40. The van der Waals surface area contributed by atoms with E-state index in [1.165, 1.54) is 11.8 Å². The highest BCUT2D eigenvalue weighted by Gasteiger charge is 2.23. The lowest BCUT2D eigenvalue weighted by Gasteiger charge is -2.14. The minimum atomic E-state index is -0.633. The summed E-state index contributed by atoms with van der Waals surface area (Å²) in [4.78, 5) is 12.2. The van der Waals surface area contributed by atoms with Crippen LogP contribution in [0, 0.1) is 0 Å². The number of hydrogen-bond donors (Lipinski definition) is 1. The summed E-state index contributed by atoms with van der Waals surface area (Å²) in [5.74, 6) is -0.225. The number of aromatic hydroxyl groups is 1. The van der Waals surface area contributed by atoms with Crippen molar-refractivity contribution in [1.82, 2.24) is 15.0 Å². The Kier molecular flexibility index (Phi) is 5.14. The summed E-state index contributed by atoms with van der Waals surface area (Å²) in [6, 6.07) is 13.7. The Balaban J connectivity index is 1.87. The van der Waals surface area contributed by atoms with E-state index in [0.29, 0.717) is 12.1 Å². The van der Waals surface area contributed by atoms with E-state index >= 15 is 0 Å². The molecule has 2 aromatic carbocycles. The second-order valence-electron chi connectivity index (χ2n) is 5.50. The van der Waals surface area contributed by atoms with Crippen molar-refractivity contribution in [2.24, 2.45) is 0 Å². The van der Waals surface area contributed by atoms with Gasteiger partial charge in [0, 0.05) is 16.5 Å². The van der Waals surface area contributed by atoms with Gasteiger partial charge in [-0.25, -0.2) is 9.48 Å². The van der Waals surface area contributed by atoms with E-state index in [9.17, 15) is 9.90 Å². The smallest absolute Gasteiger partial charge is 0.331 e. The molecule has 3 aromatic rings. The molecule has 1 aromatic heterocycles. The monoisotopic (exact) mass is 401 g/mol. The van der Waals surface area contributed by atoms with Crippen LogP contribution in [0.25, 0.3) is 11.3 Å². The number of halogens is 1. The largest absolute Gasteiger partial charge is 0.508 e. The van der Waals surface area contributed by atoms with Gasteiger partial charge in [0.1, 0.15) is 11.4 Å². The van der Waals surface area contributed by atoms with Crippen LogP contribution in [0.5, 0.6) is 5.75 Å². The van der Waals surface area contributed by atoms with Crippen molar-refractivity contribution in [3.63, 3.8) is 0 Å². The zero-order valence-corrected chi connectivity index (χ0v) is 15.0. The van der Waals surface area contributed by atoms with Crippen molar-refractivity contribution in [2.45, 2.75) is 12.5 Å². The Morgan fingerprint density at radius 1 is 1.20 bits per heavy atom. The lowest BCUT2D eigenvalue weighted by Crippen LogP contribution is -2.23. The van der Waals surface area contributed by atoms with E-state index in [-0.39, 0.29) is 5.75 Å². The van der Waals surface area contributed by atoms with E-state index in [0.717, 1.165) is 15.6 Å². The highest BCUT2D eigenvalue weighted by Crippen LogP contribution is 2.22. The number of nitrogens with zero attached hydrogens (tertiary/aromatic N) is 3. The topological polar surface area (TPSA) is 77.2 Å². The summed E-state index contributed by atoms with van der Waals surface area (Å²) in [5, 5.41) is 17.7. The zero-order valence-electron chi connectivity index (χ0n) is 13.5. The predicted octanol–water partition coefficient (Wildman–Crippen LogP) is 3.37. The average molecular weight is 402 g/mol. The van der Waals surface area contributed by atoms with Gasteiger partial charge in [-0.3, -0.25) is 0 Å². The Hall–Kier alpha value is -2.67. The lowest BCUT2D eigenvalue weighted by molar-refractivity contribution is -0.144. The van der Waals surface area contributed by atoms with Crippen molar-refractivity contribution in [2.75, 3.05) is 7.11 Å². The van der Waals surface area contributed by atoms with Gasteiger partial charge in [-0.1, -0.05) is 45.4 Å². The maximum Gasteiger partial charge on any atom is 0.331 e. The van der Waals surface area contributed by atoms with Gasteiger partial charge in [0.15, 0.2) is 6.04 Å². The third-order valence-corrected chi connectivity index (χ3v) is 4.34. The fourth-order valence-electron chi connectivity index (χ4n) is 2.46. The number of phenols is 1. The van der Waals surface area contributed by atoms with Crippen LogP contribution >= 0.6 is 15.9 Å². The molecule has 1 heterocycles. The predicted molar refractivity (Wildman–Crippen MR) is 96.0 cm³/mol. The van der Waals surface area contributed by atoms with Crippen molar-refractivity contribution in [3.05, 3.63) is 64.8 Å². The molecule has 0 saturated heterocycles. The number of rotatable bonds is 5. The SMILES string of the molecule is COC(=O)[C@H](Cc1ccc(O)cc1)n1cc(-c2ccc(Br)cc2)nn1. The second kappa shape index (κ2) is 7.48. The van der Waals surface area contributed by atoms with Crippen molar-refractivity contribution < 1.29 is 14.6 Å². The second-order valence-corrected chi connectivity index (χ2v) is 6.42. The maximum atomic E-state index is 12.2. The molecule has 1 atom stereocenters. The molecule has 0 fully saturated rings. The lowest BCUT2D eigenvalue weighted by atomic mass is 10.1. The van der Waals surface area contributed by atoms with Crippen molar-refractivity contribution >= 4 is 21.9 Å². The summed E-state index contributed by atoms with van der Waals surface area (Å²) >= 11 is 3.40. The van der Waals surface area contributed by atoms with Gasteiger partial charge in [-0.05, 0) is 29.8 Å². The van der Waals surface area contributed by atoms with Crippen LogP contribution in [0.3, 0.4) is 0 Å². The Morgan fingerprint density at radius 2 is 1.88 bits per heavy atom. The van der Waals surface area contributed by atoms with Gasteiger partial charge in [-0.15, -0.1) is 5.10 Å². The molecule has 7 heteroatoms. The van der Waals surface area contributed by atoms with Crippen LogP contribution in [0.4, 0.5) is 0 Å². The fourth-order valence-corrected chi connectivity index (χ4v) is 2.72. The summed E-state index contributed by atoms with van der Waals surface area (Å²) in [6.07, 6.45) is 2.11. The van der Waals surface area contributed by atoms with Gasteiger partial charge in [0.05, 0.1) is 13.3 Å². The quantitative estimate of drug-likeness (QED) is 0.663. The molecule has 0 aliphatic rings. The molecule has 0 saturated carbocycles. The highest BCUT2D eigenvalue weighted by molar-refractivity contribution is 9.10. The molecule has 0 radical (unpaired) electrons. The van der Waals surface area contributed by atoms with E-state index in [2.05, 4.69) is 26.2 Å². The first kappa shape index (κ1) is 17.2. The van der Waals surface area contributed by atoms with Crippen LogP contribution < -0.4 is 0 Å². The van der Waals surface area contributed by atoms with Crippen molar-refractivity contribution in [1.29, 1.82) is 0 Å². The molecule has 0 bridgehead atoms. The molecule has 128 valence electrons. The molecule has 0 aliphatic carbocycles. The molecular formula is C18H16BrN3O3. The molecule has 6 nitrogen and oxygen atoms in total. The Morgan fingerprint density at radius 3 is 2.52 bits per heavy atom. The third-order valence-electron chi connectivity index (χ3n) is 3.81. The molecule has 25 heavy (non-hydrogen) atoms. The minimum absolute atomic E-state index is 0.177. The fraction of sp³-hybridized carbons (Fsp3) is 0.167. The van der Waals surface area contributed by atoms with Gasteiger partial charge >= 0.3 is 5.97 Å². The number of carbonyl (C=O) groups excluding carboxylic acids is 1. The molecule has 0 amide bonds. The normalized spacial score (nSPS) is 11.9. The Bertz CT molecular complexity index is 860. The molecular weight excluding hydrogens is 386 g/mol. The van der Waals surface area contributed by atoms with Crippen LogP contribution in [0.2, 0.25) is 0 Å².